The van der Waals surface area contributed by atoms with Crippen LogP contribution in [0.25, 0.3) is 0 Å². The zero-order valence-electron chi connectivity index (χ0n) is 56.6. The number of ether oxygens (including phenoxy) is 4. The fourth-order valence-electron chi connectivity index (χ4n) is 10.1. The Kier molecular flexibility index (Phi) is 56.6. The first kappa shape index (κ1) is 85.1. The van der Waals surface area contributed by atoms with E-state index >= 15 is 0 Å². The molecule has 0 aromatic rings. The van der Waals surface area contributed by atoms with Gasteiger partial charge in [-0.2, -0.15) is 0 Å². The number of phosphoric acid groups is 2. The summed E-state index contributed by atoms with van der Waals surface area (Å²) in [6, 6.07) is 0. The fraction of sp³-hybridized carbons (Fsp3) is 0.941. The minimum atomic E-state index is -4.95. The Labute approximate surface area is 530 Å². The Balaban J connectivity index is 5.25. The molecule has 0 radical (unpaired) electrons. The lowest BCUT2D eigenvalue weighted by atomic mass is 9.99. The van der Waals surface area contributed by atoms with E-state index in [1.165, 1.54) is 122 Å². The molecule has 0 bridgehead atoms. The van der Waals surface area contributed by atoms with Crippen molar-refractivity contribution in [2.45, 2.75) is 350 Å². The monoisotopic (exact) mass is 1280 g/mol. The van der Waals surface area contributed by atoms with Crippen molar-refractivity contribution in [3.05, 3.63) is 0 Å². The van der Waals surface area contributed by atoms with Gasteiger partial charge in [-0.25, -0.2) is 9.13 Å². The van der Waals surface area contributed by atoms with Crippen molar-refractivity contribution >= 4 is 39.5 Å². The van der Waals surface area contributed by atoms with Gasteiger partial charge in [0, 0.05) is 25.7 Å². The van der Waals surface area contributed by atoms with Crippen LogP contribution in [0.2, 0.25) is 0 Å². The van der Waals surface area contributed by atoms with Crippen molar-refractivity contribution < 1.29 is 80.2 Å². The van der Waals surface area contributed by atoms with Gasteiger partial charge in [0.1, 0.15) is 19.3 Å². The van der Waals surface area contributed by atoms with Gasteiger partial charge in [-0.3, -0.25) is 37.3 Å². The summed E-state index contributed by atoms with van der Waals surface area (Å²) < 4.78 is 68.2. The molecule has 0 spiro atoms. The van der Waals surface area contributed by atoms with E-state index in [0.29, 0.717) is 37.5 Å². The number of aliphatic hydroxyl groups is 1. The van der Waals surface area contributed by atoms with Gasteiger partial charge in [0.2, 0.25) is 0 Å². The van der Waals surface area contributed by atoms with Crippen LogP contribution in [0.15, 0.2) is 0 Å². The summed E-state index contributed by atoms with van der Waals surface area (Å²) in [7, 11) is -9.90. The molecular formula is C68H132O17P2. The molecule has 6 atom stereocenters. The maximum Gasteiger partial charge on any atom is 0.472 e. The van der Waals surface area contributed by atoms with E-state index in [-0.39, 0.29) is 25.7 Å². The molecule has 0 rings (SSSR count). The number of esters is 4. The number of aliphatic hydroxyl groups excluding tert-OH is 1. The lowest BCUT2D eigenvalue weighted by molar-refractivity contribution is -0.161. The second kappa shape index (κ2) is 57.9. The molecule has 0 aromatic carbocycles. The summed E-state index contributed by atoms with van der Waals surface area (Å²) in [5.74, 6) is 0.822. The fourth-order valence-corrected chi connectivity index (χ4v) is 11.7. The van der Waals surface area contributed by atoms with E-state index < -0.39 is 97.5 Å². The molecule has 17 nitrogen and oxygen atoms in total. The second-order valence-corrected chi connectivity index (χ2v) is 29.1. The summed E-state index contributed by atoms with van der Waals surface area (Å²) in [5, 5.41) is 10.6. The highest BCUT2D eigenvalue weighted by Gasteiger charge is 2.30. The standard InChI is InChI=1S/C68H132O17P2/c1-9-61(8)47-39-31-23-16-17-25-35-43-51-68(73)85-64(55-79-66(71)49-41-33-27-19-22-30-38-46-60(6)7)57-83-87(76,77)81-53-62(69)52-80-86(74,75)82-56-63(54-78-65(70)48-40-32-26-18-21-29-37-45-59(4)5)84-67(72)50-42-34-24-15-13-11-10-12-14-20-28-36-44-58(2)3/h58-64,69H,9-57H2,1-8H3,(H,74,75)(H,76,77)/t61?,62?,63-,64-/m1/s1. The van der Waals surface area contributed by atoms with Gasteiger partial charge in [0.15, 0.2) is 12.2 Å². The van der Waals surface area contributed by atoms with Crippen molar-refractivity contribution in [3.8, 4) is 0 Å². The molecule has 0 saturated heterocycles. The smallest absolute Gasteiger partial charge is 0.462 e. The zero-order chi connectivity index (χ0) is 64.7. The Morgan fingerprint density at radius 2 is 0.552 bits per heavy atom. The minimum Gasteiger partial charge on any atom is -0.462 e. The summed E-state index contributed by atoms with van der Waals surface area (Å²) in [5.41, 5.74) is 0. The molecule has 4 unspecified atom stereocenters. The van der Waals surface area contributed by atoms with E-state index in [0.717, 1.165) is 115 Å². The van der Waals surface area contributed by atoms with Crippen molar-refractivity contribution in [2.75, 3.05) is 39.6 Å². The summed E-state index contributed by atoms with van der Waals surface area (Å²) >= 11 is 0. The Morgan fingerprint density at radius 1 is 0.322 bits per heavy atom. The van der Waals surface area contributed by atoms with Crippen LogP contribution in [0.4, 0.5) is 0 Å². The van der Waals surface area contributed by atoms with Gasteiger partial charge in [-0.05, 0) is 49.4 Å². The van der Waals surface area contributed by atoms with Gasteiger partial charge >= 0.3 is 39.5 Å². The van der Waals surface area contributed by atoms with Crippen LogP contribution in [0.1, 0.15) is 331 Å². The molecule has 0 fully saturated rings. The topological polar surface area (TPSA) is 237 Å². The first-order valence-electron chi connectivity index (χ1n) is 35.2. The predicted octanol–water partition coefficient (Wildman–Crippen LogP) is 18.9. The van der Waals surface area contributed by atoms with Gasteiger partial charge in [0.05, 0.1) is 26.4 Å². The van der Waals surface area contributed by atoms with Crippen molar-refractivity contribution in [2.24, 2.45) is 23.7 Å². The first-order chi connectivity index (χ1) is 41.6. The molecule has 87 heavy (non-hydrogen) atoms. The Bertz CT molecular complexity index is 1730. The van der Waals surface area contributed by atoms with Crippen LogP contribution < -0.4 is 0 Å². The van der Waals surface area contributed by atoms with Crippen LogP contribution in [0, 0.1) is 23.7 Å². The summed E-state index contributed by atoms with van der Waals surface area (Å²) in [6.45, 7) is 14.0. The summed E-state index contributed by atoms with van der Waals surface area (Å²) in [4.78, 5) is 72.4. The third-order valence-electron chi connectivity index (χ3n) is 15.9. The number of unbranched alkanes of at least 4 members (excludes halogenated alkanes) is 30. The zero-order valence-corrected chi connectivity index (χ0v) is 58.4. The van der Waals surface area contributed by atoms with Crippen molar-refractivity contribution in [3.63, 3.8) is 0 Å². The van der Waals surface area contributed by atoms with Gasteiger partial charge in [0.25, 0.3) is 0 Å². The molecule has 0 aromatic heterocycles. The van der Waals surface area contributed by atoms with E-state index in [9.17, 15) is 43.2 Å². The molecule has 0 heterocycles. The lowest BCUT2D eigenvalue weighted by Gasteiger charge is -2.21. The average Bonchev–Trinajstić information content (AvgIpc) is 3.69. The number of carbonyl (C=O) groups is 4. The van der Waals surface area contributed by atoms with Crippen molar-refractivity contribution in [1.29, 1.82) is 0 Å². The van der Waals surface area contributed by atoms with E-state index in [4.69, 9.17) is 37.0 Å². The van der Waals surface area contributed by atoms with Gasteiger partial charge in [-0.15, -0.1) is 0 Å². The molecule has 0 amide bonds. The Morgan fingerprint density at radius 3 is 0.816 bits per heavy atom. The molecule has 0 aliphatic rings. The molecular weight excluding hydrogens is 1150 g/mol. The maximum atomic E-state index is 13.0. The number of carbonyl (C=O) groups excluding carboxylic acids is 4. The third-order valence-corrected chi connectivity index (χ3v) is 17.8. The first-order valence-corrected chi connectivity index (χ1v) is 38.2. The van der Waals surface area contributed by atoms with E-state index in [1.807, 2.05) is 0 Å². The molecule has 0 aliphatic carbocycles. The van der Waals surface area contributed by atoms with Crippen LogP contribution in [0.3, 0.4) is 0 Å². The third kappa shape index (κ3) is 61.3. The highest BCUT2D eigenvalue weighted by atomic mass is 31.2. The molecule has 0 aliphatic heterocycles. The minimum absolute atomic E-state index is 0.104. The van der Waals surface area contributed by atoms with Gasteiger partial charge in [-0.1, -0.05) is 280 Å². The van der Waals surface area contributed by atoms with Gasteiger partial charge < -0.3 is 33.8 Å². The maximum absolute atomic E-state index is 13.0. The Hall–Kier alpha value is -1.94. The van der Waals surface area contributed by atoms with Crippen LogP contribution in [-0.4, -0.2) is 96.7 Å². The van der Waals surface area contributed by atoms with E-state index in [2.05, 4.69) is 55.4 Å². The quantitative estimate of drug-likeness (QED) is 0.0222. The van der Waals surface area contributed by atoms with Crippen LogP contribution in [0.5, 0.6) is 0 Å². The summed E-state index contributed by atoms with van der Waals surface area (Å²) in [6.07, 6.45) is 39.0. The normalized spacial score (nSPS) is 14.6. The van der Waals surface area contributed by atoms with Crippen LogP contribution >= 0.6 is 15.6 Å². The SMILES string of the molecule is CCC(C)CCCCCCCCCCC(=O)O[C@H](COC(=O)CCCCCCCCCC(C)C)COP(=O)(O)OCC(O)COP(=O)(O)OC[C@@H](COC(=O)CCCCCCCCCC(C)C)OC(=O)CCCCCCCCCCCCCCC(C)C. The largest absolute Gasteiger partial charge is 0.472 e. The van der Waals surface area contributed by atoms with Crippen molar-refractivity contribution in [1.82, 2.24) is 0 Å². The number of rotatable bonds is 65. The number of phosphoric ester groups is 2. The second-order valence-electron chi connectivity index (χ2n) is 26.2. The molecule has 19 heteroatoms. The van der Waals surface area contributed by atoms with E-state index in [1.54, 1.807) is 0 Å². The highest BCUT2D eigenvalue weighted by Crippen LogP contribution is 2.45. The average molecular weight is 1280 g/mol. The predicted molar refractivity (Wildman–Crippen MR) is 349 cm³/mol. The molecule has 3 N–H and O–H groups in total. The number of hydrogen-bond acceptors (Lipinski definition) is 15. The highest BCUT2D eigenvalue weighted by molar-refractivity contribution is 7.47. The van der Waals surface area contributed by atoms with Crippen LogP contribution in [-0.2, 0) is 65.4 Å². The lowest BCUT2D eigenvalue weighted by Crippen LogP contribution is -2.30. The number of hydrogen-bond donors (Lipinski definition) is 3. The molecule has 0 saturated carbocycles. The molecule has 516 valence electrons.